The average molecular weight is 332 g/mol. The third kappa shape index (κ3) is 3.20. The van der Waals surface area contributed by atoms with Gasteiger partial charge in [-0.05, 0) is 18.2 Å². The third-order valence-corrected chi connectivity index (χ3v) is 3.22. The minimum Gasteiger partial charge on any atom is -0.486 e. The molecule has 19 heavy (non-hydrogen) atoms. The Hall–Kier alpha value is -1.69. The van der Waals surface area contributed by atoms with Crippen LogP contribution < -0.4 is 10.5 Å². The van der Waals surface area contributed by atoms with Crippen molar-refractivity contribution < 1.29 is 17.9 Å². The van der Waals surface area contributed by atoms with Crippen LogP contribution in [0.2, 0.25) is 0 Å². The normalized spacial score (nSPS) is 10.5. The van der Waals surface area contributed by atoms with Crippen molar-refractivity contribution in [2.24, 2.45) is 0 Å². The predicted octanol–water partition coefficient (Wildman–Crippen LogP) is 4.03. The summed E-state index contributed by atoms with van der Waals surface area (Å²) in [6.45, 7) is -0.0986. The van der Waals surface area contributed by atoms with Crippen molar-refractivity contribution in [1.82, 2.24) is 0 Å². The highest BCUT2D eigenvalue weighted by molar-refractivity contribution is 9.10. The third-order valence-electron chi connectivity index (χ3n) is 2.44. The van der Waals surface area contributed by atoms with E-state index in [1.165, 1.54) is 18.2 Å². The maximum atomic E-state index is 13.5. The lowest BCUT2D eigenvalue weighted by Gasteiger charge is -2.10. The van der Waals surface area contributed by atoms with Crippen molar-refractivity contribution in [3.63, 3.8) is 0 Å². The minimum absolute atomic E-state index is 0.0986. The summed E-state index contributed by atoms with van der Waals surface area (Å²) >= 11 is 3.21. The number of anilines is 1. The first-order valence-electron chi connectivity index (χ1n) is 5.28. The van der Waals surface area contributed by atoms with Crippen LogP contribution >= 0.6 is 15.9 Å². The first-order valence-corrected chi connectivity index (χ1v) is 6.08. The van der Waals surface area contributed by atoms with Gasteiger partial charge in [0.1, 0.15) is 18.2 Å². The average Bonchev–Trinajstić information content (AvgIpc) is 2.36. The predicted molar refractivity (Wildman–Crippen MR) is 69.2 cm³/mol. The fourth-order valence-corrected chi connectivity index (χ4v) is 1.83. The molecule has 0 amide bonds. The topological polar surface area (TPSA) is 35.2 Å². The largest absolute Gasteiger partial charge is 0.486 e. The minimum atomic E-state index is -0.772. The number of hydrogen-bond donors (Lipinski definition) is 1. The van der Waals surface area contributed by atoms with E-state index in [1.807, 2.05) is 0 Å². The van der Waals surface area contributed by atoms with Gasteiger partial charge in [-0.25, -0.2) is 13.2 Å². The van der Waals surface area contributed by atoms with Gasteiger partial charge in [-0.3, -0.25) is 0 Å². The summed E-state index contributed by atoms with van der Waals surface area (Å²) in [5.74, 6) is -2.25. The summed E-state index contributed by atoms with van der Waals surface area (Å²) in [6.07, 6.45) is 0. The molecule has 0 unspecified atom stereocenters. The van der Waals surface area contributed by atoms with Gasteiger partial charge in [0.2, 0.25) is 0 Å². The van der Waals surface area contributed by atoms with Crippen LogP contribution in [0.5, 0.6) is 5.75 Å². The molecule has 2 aromatic carbocycles. The van der Waals surface area contributed by atoms with Crippen LogP contribution in [-0.4, -0.2) is 0 Å². The fraction of sp³-hybridized carbons (Fsp3) is 0.0769. The highest BCUT2D eigenvalue weighted by Crippen LogP contribution is 2.25. The Kier molecular flexibility index (Phi) is 3.99. The van der Waals surface area contributed by atoms with Gasteiger partial charge in [-0.2, -0.15) is 0 Å². The molecule has 6 heteroatoms. The number of ether oxygens (including phenoxy) is 1. The van der Waals surface area contributed by atoms with Crippen LogP contribution in [0.3, 0.4) is 0 Å². The van der Waals surface area contributed by atoms with Crippen LogP contribution in [0, 0.1) is 17.5 Å². The molecule has 2 rings (SSSR count). The van der Waals surface area contributed by atoms with Gasteiger partial charge < -0.3 is 10.5 Å². The van der Waals surface area contributed by atoms with E-state index in [0.717, 1.165) is 12.1 Å². The molecule has 2 N–H and O–H groups in total. The van der Waals surface area contributed by atoms with E-state index in [1.54, 1.807) is 0 Å². The van der Waals surface area contributed by atoms with Crippen molar-refractivity contribution >= 4 is 21.6 Å². The quantitative estimate of drug-likeness (QED) is 0.862. The zero-order chi connectivity index (χ0) is 14.0. The zero-order valence-corrected chi connectivity index (χ0v) is 11.2. The summed E-state index contributed by atoms with van der Waals surface area (Å²) in [5.41, 5.74) is 5.40. The molecule has 0 atom stereocenters. The van der Waals surface area contributed by atoms with Crippen LogP contribution in [0.15, 0.2) is 34.8 Å². The van der Waals surface area contributed by atoms with Crippen LogP contribution in [0.4, 0.5) is 18.9 Å². The fourth-order valence-electron chi connectivity index (χ4n) is 1.46. The molecule has 0 aliphatic carbocycles. The molecule has 0 aliphatic heterocycles. The van der Waals surface area contributed by atoms with Gasteiger partial charge in [0.25, 0.3) is 0 Å². The number of benzene rings is 2. The zero-order valence-electron chi connectivity index (χ0n) is 9.59. The van der Waals surface area contributed by atoms with Gasteiger partial charge in [-0.1, -0.05) is 15.9 Å². The summed E-state index contributed by atoms with van der Waals surface area (Å²) in [6, 6.07) is 5.73. The Morgan fingerprint density at radius 3 is 2.53 bits per heavy atom. The van der Waals surface area contributed by atoms with E-state index in [2.05, 4.69) is 15.9 Å². The molecular formula is C13H9BrF3NO. The van der Waals surface area contributed by atoms with Crippen molar-refractivity contribution in [2.45, 2.75) is 6.61 Å². The standard InChI is InChI=1S/C13H9BrF3NO/c14-9-2-1-8(15)3-7(9)6-19-13-5-10(16)12(18)4-11(13)17/h1-5H,6,18H2. The summed E-state index contributed by atoms with van der Waals surface area (Å²) in [5, 5.41) is 0. The number of hydrogen-bond acceptors (Lipinski definition) is 2. The van der Waals surface area contributed by atoms with Crippen molar-refractivity contribution in [1.29, 1.82) is 0 Å². The Bertz CT molecular complexity index is 619. The molecular weight excluding hydrogens is 323 g/mol. The lowest BCUT2D eigenvalue weighted by atomic mass is 10.2. The van der Waals surface area contributed by atoms with Crippen LogP contribution in [0.1, 0.15) is 5.56 Å². The smallest absolute Gasteiger partial charge is 0.167 e. The van der Waals surface area contributed by atoms with Crippen molar-refractivity contribution in [3.05, 3.63) is 57.8 Å². The Morgan fingerprint density at radius 2 is 1.79 bits per heavy atom. The van der Waals surface area contributed by atoms with E-state index >= 15 is 0 Å². The number of nitrogens with two attached hydrogens (primary N) is 1. The van der Waals surface area contributed by atoms with E-state index in [9.17, 15) is 13.2 Å². The molecule has 100 valence electrons. The molecule has 0 bridgehead atoms. The Labute approximate surface area is 116 Å². The van der Waals surface area contributed by atoms with E-state index in [0.29, 0.717) is 10.0 Å². The lowest BCUT2D eigenvalue weighted by molar-refractivity contribution is 0.287. The van der Waals surface area contributed by atoms with E-state index in [4.69, 9.17) is 10.5 Å². The monoisotopic (exact) mass is 331 g/mol. The first-order chi connectivity index (χ1) is 8.97. The second-order valence-electron chi connectivity index (χ2n) is 3.83. The molecule has 2 aromatic rings. The maximum absolute atomic E-state index is 13.5. The molecule has 0 radical (unpaired) electrons. The Morgan fingerprint density at radius 1 is 1.05 bits per heavy atom. The molecule has 0 saturated carbocycles. The summed E-state index contributed by atoms with van der Waals surface area (Å²) < 4.78 is 45.4. The highest BCUT2D eigenvalue weighted by Gasteiger charge is 2.10. The highest BCUT2D eigenvalue weighted by atomic mass is 79.9. The first kappa shape index (κ1) is 13.7. The number of halogens is 4. The van der Waals surface area contributed by atoms with Crippen LogP contribution in [0.25, 0.3) is 0 Å². The number of nitrogen functional groups attached to an aromatic ring is 1. The van der Waals surface area contributed by atoms with Crippen molar-refractivity contribution in [2.75, 3.05) is 5.73 Å². The summed E-state index contributed by atoms with van der Waals surface area (Å²) in [7, 11) is 0. The molecule has 2 nitrogen and oxygen atoms in total. The van der Waals surface area contributed by atoms with E-state index < -0.39 is 17.5 Å². The summed E-state index contributed by atoms with van der Waals surface area (Å²) in [4.78, 5) is 0. The SMILES string of the molecule is Nc1cc(F)c(OCc2cc(F)ccc2Br)cc1F. The molecule has 0 heterocycles. The molecule has 0 fully saturated rings. The van der Waals surface area contributed by atoms with Gasteiger partial charge in [0, 0.05) is 22.2 Å². The molecule has 0 aromatic heterocycles. The number of rotatable bonds is 3. The van der Waals surface area contributed by atoms with Gasteiger partial charge in [-0.15, -0.1) is 0 Å². The molecule has 0 saturated heterocycles. The lowest BCUT2D eigenvalue weighted by Crippen LogP contribution is -2.01. The second-order valence-corrected chi connectivity index (χ2v) is 4.68. The second kappa shape index (κ2) is 5.52. The Balaban J connectivity index is 2.19. The van der Waals surface area contributed by atoms with E-state index in [-0.39, 0.29) is 18.0 Å². The maximum Gasteiger partial charge on any atom is 0.167 e. The molecule has 0 spiro atoms. The molecule has 0 aliphatic rings. The van der Waals surface area contributed by atoms with Crippen LogP contribution in [-0.2, 0) is 6.61 Å². The van der Waals surface area contributed by atoms with Gasteiger partial charge in [0.15, 0.2) is 11.6 Å². The van der Waals surface area contributed by atoms with Crippen molar-refractivity contribution in [3.8, 4) is 5.75 Å². The van der Waals surface area contributed by atoms with Gasteiger partial charge >= 0.3 is 0 Å². The van der Waals surface area contributed by atoms with Gasteiger partial charge in [0.05, 0.1) is 5.69 Å².